The first-order valence-corrected chi connectivity index (χ1v) is 18.8. The van der Waals surface area contributed by atoms with Gasteiger partial charge in [-0.2, -0.15) is 4.31 Å². The first-order valence-electron chi connectivity index (χ1n) is 17.3. The number of carbonyl (C=O) groups is 1. The van der Waals surface area contributed by atoms with E-state index >= 15 is 0 Å². The van der Waals surface area contributed by atoms with Crippen molar-refractivity contribution in [1.82, 2.24) is 19.1 Å². The second kappa shape index (κ2) is 16.3. The summed E-state index contributed by atoms with van der Waals surface area (Å²) in [5, 5.41) is 15.5. The van der Waals surface area contributed by atoms with Gasteiger partial charge in [0.1, 0.15) is 5.82 Å². The van der Waals surface area contributed by atoms with Gasteiger partial charge in [-0.3, -0.25) is 19.8 Å². The topological polar surface area (TPSA) is 141 Å². The average Bonchev–Trinajstić information content (AvgIpc) is 3.13. The molecule has 0 aliphatic carbocycles. The lowest BCUT2D eigenvalue weighted by Gasteiger charge is -2.36. The number of ether oxygens (including phenoxy) is 1. The summed E-state index contributed by atoms with van der Waals surface area (Å²) in [5.41, 5.74) is 2.98. The van der Waals surface area contributed by atoms with Gasteiger partial charge in [-0.15, -0.1) is 0 Å². The van der Waals surface area contributed by atoms with Crippen molar-refractivity contribution in [3.63, 3.8) is 0 Å². The number of nitro groups is 1. The molecule has 2 aliphatic rings. The van der Waals surface area contributed by atoms with Crippen LogP contribution in [0.4, 0.5) is 17.2 Å². The standard InChI is InChI=1S/C37H45N7O6S/c1-28-24-36(42-20-18-41(19-21-42)22-23-50-27-29-8-4-3-5-9-29)39-33-13-12-30(25-32(28)33)38-37(45)26-43(31-14-16-40(2)17-15-31)51(48,49)35-11-7-6-10-34(35)44(46)47/h3-13,24-25,31H,14-23,26-27H2,1-2H3,(H,38,45). The fourth-order valence-corrected chi connectivity index (χ4v) is 8.56. The summed E-state index contributed by atoms with van der Waals surface area (Å²) >= 11 is 0. The molecular formula is C37H45N7O6S. The molecule has 2 aliphatic heterocycles. The molecule has 1 aromatic heterocycles. The van der Waals surface area contributed by atoms with Gasteiger partial charge in [0.05, 0.1) is 30.2 Å². The Bertz CT molecular complexity index is 1950. The summed E-state index contributed by atoms with van der Waals surface area (Å²) in [5.74, 6) is 0.381. The van der Waals surface area contributed by atoms with Crippen LogP contribution in [-0.4, -0.2) is 110 Å². The number of piperidine rings is 1. The largest absolute Gasteiger partial charge is 0.375 e. The predicted octanol–water partition coefficient (Wildman–Crippen LogP) is 4.51. The summed E-state index contributed by atoms with van der Waals surface area (Å²) in [7, 11) is -2.42. The number of carbonyl (C=O) groups excluding carboxylic acids is 1. The van der Waals surface area contributed by atoms with Gasteiger partial charge in [-0.1, -0.05) is 42.5 Å². The summed E-state index contributed by atoms with van der Waals surface area (Å²) in [6.45, 7) is 8.56. The van der Waals surface area contributed by atoms with Crippen LogP contribution in [0.3, 0.4) is 0 Å². The first kappa shape index (κ1) is 36.3. The molecule has 3 aromatic carbocycles. The Balaban J connectivity index is 1.09. The molecule has 1 amide bonds. The van der Waals surface area contributed by atoms with Gasteiger partial charge in [-0.05, 0) is 81.4 Å². The number of sulfonamides is 1. The lowest BCUT2D eigenvalue weighted by Crippen LogP contribution is -2.49. The molecule has 0 radical (unpaired) electrons. The summed E-state index contributed by atoms with van der Waals surface area (Å²) in [6.07, 6.45) is 1.01. The van der Waals surface area contributed by atoms with Crippen molar-refractivity contribution in [2.45, 2.75) is 37.3 Å². The Morgan fingerprint density at radius 1 is 0.980 bits per heavy atom. The Morgan fingerprint density at radius 2 is 1.69 bits per heavy atom. The number of amides is 1. The second-order valence-electron chi connectivity index (χ2n) is 13.3. The van der Waals surface area contributed by atoms with Crippen molar-refractivity contribution in [1.29, 1.82) is 0 Å². The Morgan fingerprint density at radius 3 is 2.41 bits per heavy atom. The third kappa shape index (κ3) is 8.89. The zero-order valence-corrected chi connectivity index (χ0v) is 29.9. The Labute approximate surface area is 299 Å². The fourth-order valence-electron chi connectivity index (χ4n) is 6.76. The van der Waals surface area contributed by atoms with Gasteiger partial charge < -0.3 is 19.9 Å². The van der Waals surface area contributed by atoms with Gasteiger partial charge in [0.15, 0.2) is 4.90 Å². The SMILES string of the molecule is Cc1cc(N2CCN(CCOCc3ccccc3)CC2)nc2ccc(NC(=O)CN(C3CCN(C)CC3)S(=O)(=O)c3ccccc3[N+](=O)[O-])cc12. The van der Waals surface area contributed by atoms with Crippen LogP contribution in [0.2, 0.25) is 0 Å². The van der Waals surface area contributed by atoms with Gasteiger partial charge in [-0.25, -0.2) is 13.4 Å². The maximum absolute atomic E-state index is 13.9. The van der Waals surface area contributed by atoms with Crippen LogP contribution in [0.25, 0.3) is 10.9 Å². The molecule has 0 atom stereocenters. The number of anilines is 2. The number of likely N-dealkylation sites (tertiary alicyclic amines) is 1. The van der Waals surface area contributed by atoms with Crippen molar-refractivity contribution in [3.05, 3.63) is 100 Å². The van der Waals surface area contributed by atoms with E-state index in [-0.39, 0.29) is 0 Å². The molecule has 4 aromatic rings. The highest BCUT2D eigenvalue weighted by Gasteiger charge is 2.38. The predicted molar refractivity (Wildman–Crippen MR) is 197 cm³/mol. The van der Waals surface area contributed by atoms with Crippen LogP contribution >= 0.6 is 0 Å². The normalized spacial score (nSPS) is 16.5. The number of para-hydroxylation sites is 1. The highest BCUT2D eigenvalue weighted by Crippen LogP contribution is 2.31. The highest BCUT2D eigenvalue weighted by atomic mass is 32.2. The molecular weight excluding hydrogens is 671 g/mol. The molecule has 2 fully saturated rings. The van der Waals surface area contributed by atoms with E-state index in [1.165, 1.54) is 29.8 Å². The van der Waals surface area contributed by atoms with Gasteiger partial charge in [0.2, 0.25) is 5.91 Å². The molecule has 1 N–H and O–H groups in total. The number of nitrogens with one attached hydrogen (secondary N) is 1. The number of aryl methyl sites for hydroxylation is 1. The summed E-state index contributed by atoms with van der Waals surface area (Å²) < 4.78 is 34.9. The quantitative estimate of drug-likeness (QED) is 0.119. The van der Waals surface area contributed by atoms with Crippen LogP contribution < -0.4 is 10.2 Å². The molecule has 0 bridgehead atoms. The van der Waals surface area contributed by atoms with E-state index in [1.807, 2.05) is 44.3 Å². The molecule has 14 heteroatoms. The van der Waals surface area contributed by atoms with Crippen molar-refractivity contribution in [2.75, 3.05) is 76.2 Å². The minimum Gasteiger partial charge on any atom is -0.375 e. The number of rotatable bonds is 13. The van der Waals surface area contributed by atoms with Gasteiger partial charge >= 0.3 is 0 Å². The van der Waals surface area contributed by atoms with E-state index in [9.17, 15) is 23.3 Å². The number of fused-ring (bicyclic) bond motifs is 1. The smallest absolute Gasteiger partial charge is 0.289 e. The van der Waals surface area contributed by atoms with E-state index in [0.717, 1.165) is 59.3 Å². The number of pyridine rings is 1. The molecule has 270 valence electrons. The van der Waals surface area contributed by atoms with E-state index in [0.29, 0.717) is 44.8 Å². The van der Waals surface area contributed by atoms with Gasteiger partial charge in [0, 0.05) is 55.9 Å². The number of aromatic nitrogens is 1. The third-order valence-electron chi connectivity index (χ3n) is 9.69. The Kier molecular flexibility index (Phi) is 11.6. The zero-order chi connectivity index (χ0) is 36.0. The molecule has 13 nitrogen and oxygen atoms in total. The number of benzene rings is 3. The maximum Gasteiger partial charge on any atom is 0.289 e. The molecule has 2 saturated heterocycles. The van der Waals surface area contributed by atoms with E-state index < -0.39 is 44.0 Å². The lowest BCUT2D eigenvalue weighted by molar-refractivity contribution is -0.387. The molecule has 6 rings (SSSR count). The van der Waals surface area contributed by atoms with Crippen LogP contribution in [0.5, 0.6) is 0 Å². The summed E-state index contributed by atoms with van der Waals surface area (Å²) in [6, 6.07) is 22.5. The minimum absolute atomic E-state index is 0.417. The van der Waals surface area contributed by atoms with Crippen molar-refractivity contribution >= 4 is 44.0 Å². The van der Waals surface area contributed by atoms with Crippen molar-refractivity contribution in [3.8, 4) is 0 Å². The van der Waals surface area contributed by atoms with E-state index in [2.05, 4.69) is 38.2 Å². The minimum atomic E-state index is -4.37. The highest BCUT2D eigenvalue weighted by molar-refractivity contribution is 7.89. The number of piperazine rings is 1. The molecule has 0 saturated carbocycles. The number of hydrogen-bond donors (Lipinski definition) is 1. The first-order chi connectivity index (χ1) is 24.6. The number of nitro benzene ring substituents is 1. The fraction of sp³-hybridized carbons (Fsp3) is 0.405. The van der Waals surface area contributed by atoms with Gasteiger partial charge in [0.25, 0.3) is 15.7 Å². The molecule has 0 unspecified atom stereocenters. The zero-order valence-electron chi connectivity index (χ0n) is 29.1. The van der Waals surface area contributed by atoms with Crippen LogP contribution in [-0.2, 0) is 26.2 Å². The van der Waals surface area contributed by atoms with Crippen LogP contribution in [0, 0.1) is 17.0 Å². The molecule has 3 heterocycles. The number of hydrogen-bond acceptors (Lipinski definition) is 10. The number of nitrogens with zero attached hydrogens (tertiary/aromatic N) is 6. The van der Waals surface area contributed by atoms with Crippen LogP contribution in [0.1, 0.15) is 24.0 Å². The maximum atomic E-state index is 13.9. The average molecular weight is 716 g/mol. The van der Waals surface area contributed by atoms with E-state index in [4.69, 9.17) is 9.72 Å². The lowest BCUT2D eigenvalue weighted by atomic mass is 10.1. The van der Waals surface area contributed by atoms with Crippen molar-refractivity contribution in [2.24, 2.45) is 0 Å². The molecule has 0 spiro atoms. The monoisotopic (exact) mass is 715 g/mol. The Hall–Kier alpha value is -4.47. The van der Waals surface area contributed by atoms with Crippen LogP contribution in [0.15, 0.2) is 83.8 Å². The van der Waals surface area contributed by atoms with Crippen molar-refractivity contribution < 1.29 is 22.9 Å². The second-order valence-corrected chi connectivity index (χ2v) is 15.1. The molecule has 51 heavy (non-hydrogen) atoms. The summed E-state index contributed by atoms with van der Waals surface area (Å²) in [4.78, 5) is 35.8. The third-order valence-corrected chi connectivity index (χ3v) is 11.6. The van der Waals surface area contributed by atoms with E-state index in [1.54, 1.807) is 6.07 Å².